The Balaban J connectivity index is 1.08. The van der Waals surface area contributed by atoms with E-state index in [0.717, 1.165) is 86.3 Å². The average molecular weight is 697 g/mol. The number of ether oxygens (including phenoxy) is 3. The fraction of sp³-hybridized carbons (Fsp3) is 0.415. The van der Waals surface area contributed by atoms with Crippen molar-refractivity contribution in [2.75, 3.05) is 54.6 Å². The molecule has 10 heteroatoms. The Labute approximate surface area is 299 Å². The minimum absolute atomic E-state index is 0.0296. The maximum absolute atomic E-state index is 13.9. The number of imidazole rings is 1. The van der Waals surface area contributed by atoms with Crippen molar-refractivity contribution in [3.8, 4) is 17.2 Å². The number of hydrogen-bond donors (Lipinski definition) is 0. The van der Waals surface area contributed by atoms with E-state index >= 15 is 0 Å². The number of carbonyl (C=O) groups is 1. The van der Waals surface area contributed by atoms with Gasteiger partial charge in [-0.25, -0.2) is 9.37 Å². The number of hydrogen-bond acceptors (Lipinski definition) is 7. The van der Waals surface area contributed by atoms with E-state index in [-0.39, 0.29) is 17.6 Å². The second-order valence-corrected chi connectivity index (χ2v) is 13.5. The molecule has 1 atom stereocenters. The third-order valence-electron chi connectivity index (χ3n) is 10.2. The summed E-state index contributed by atoms with van der Waals surface area (Å²) in [6.45, 7) is 4.11. The van der Waals surface area contributed by atoms with Gasteiger partial charge in [-0.15, -0.1) is 0 Å². The molecule has 1 aliphatic rings. The number of likely N-dealkylation sites (tertiary alicyclic amines) is 1. The van der Waals surface area contributed by atoms with Crippen LogP contribution in [0.15, 0.2) is 83.5 Å². The minimum Gasteiger partial charge on any atom is -0.493 e. The van der Waals surface area contributed by atoms with E-state index in [4.69, 9.17) is 23.6 Å². The number of furan rings is 1. The normalized spacial score (nSPS) is 14.9. The zero-order valence-corrected chi connectivity index (χ0v) is 30.1. The summed E-state index contributed by atoms with van der Waals surface area (Å²) in [6, 6.07) is 22.4. The lowest BCUT2D eigenvalue weighted by Gasteiger charge is -2.30. The van der Waals surface area contributed by atoms with Gasteiger partial charge in [-0.05, 0) is 112 Å². The SMILES string of the molecule is COc1cc(C(=O)N(C)CC(CCN2CCCC(Cc3nc4ccccc4n3Cc3ccco3)CCC2)c2ccc(F)cc2)cc(OC)c1OC. The zero-order valence-electron chi connectivity index (χ0n) is 30.1. The van der Waals surface area contributed by atoms with Crippen LogP contribution in [0.5, 0.6) is 17.2 Å². The van der Waals surface area contributed by atoms with Gasteiger partial charge in [0.05, 0.1) is 45.2 Å². The maximum Gasteiger partial charge on any atom is 0.253 e. The predicted octanol–water partition coefficient (Wildman–Crippen LogP) is 7.82. The summed E-state index contributed by atoms with van der Waals surface area (Å²) < 4.78 is 38.4. The number of fused-ring (bicyclic) bond motifs is 1. The lowest BCUT2D eigenvalue weighted by molar-refractivity contribution is 0.0781. The van der Waals surface area contributed by atoms with E-state index in [0.29, 0.717) is 41.8 Å². The first-order chi connectivity index (χ1) is 24.9. The van der Waals surface area contributed by atoms with Crippen molar-refractivity contribution in [2.45, 2.75) is 51.0 Å². The molecule has 1 saturated heterocycles. The highest BCUT2D eigenvalue weighted by molar-refractivity contribution is 5.95. The number of nitrogens with zero attached hydrogens (tertiary/aromatic N) is 4. The van der Waals surface area contributed by atoms with E-state index in [2.05, 4.69) is 27.7 Å². The molecule has 0 radical (unpaired) electrons. The average Bonchev–Trinajstić information content (AvgIpc) is 3.78. The molecular weight excluding hydrogens is 647 g/mol. The van der Waals surface area contributed by atoms with Crippen LogP contribution < -0.4 is 14.2 Å². The highest BCUT2D eigenvalue weighted by Crippen LogP contribution is 2.38. The first-order valence-electron chi connectivity index (χ1n) is 17.9. The van der Waals surface area contributed by atoms with Gasteiger partial charge in [-0.1, -0.05) is 24.3 Å². The van der Waals surface area contributed by atoms with Crippen LogP contribution in [0.3, 0.4) is 0 Å². The van der Waals surface area contributed by atoms with Gasteiger partial charge in [0.1, 0.15) is 17.4 Å². The van der Waals surface area contributed by atoms with Gasteiger partial charge in [0, 0.05) is 31.5 Å². The zero-order chi connectivity index (χ0) is 35.7. The van der Waals surface area contributed by atoms with Gasteiger partial charge in [0.15, 0.2) is 11.5 Å². The summed E-state index contributed by atoms with van der Waals surface area (Å²) in [5, 5.41) is 0. The quantitative estimate of drug-likeness (QED) is 0.117. The highest BCUT2D eigenvalue weighted by Gasteiger charge is 2.24. The lowest BCUT2D eigenvalue weighted by Crippen LogP contribution is -2.34. The molecule has 270 valence electrons. The molecule has 1 fully saturated rings. The van der Waals surface area contributed by atoms with Crippen molar-refractivity contribution in [1.82, 2.24) is 19.4 Å². The van der Waals surface area contributed by atoms with Crippen molar-refractivity contribution >= 4 is 16.9 Å². The topological polar surface area (TPSA) is 82.2 Å². The van der Waals surface area contributed by atoms with Crippen molar-refractivity contribution in [3.05, 3.63) is 108 Å². The molecule has 3 aromatic carbocycles. The molecule has 51 heavy (non-hydrogen) atoms. The van der Waals surface area contributed by atoms with Crippen molar-refractivity contribution in [3.63, 3.8) is 0 Å². The number of rotatable bonds is 14. The Kier molecular flexibility index (Phi) is 11.9. The monoisotopic (exact) mass is 696 g/mol. The second-order valence-electron chi connectivity index (χ2n) is 13.5. The van der Waals surface area contributed by atoms with E-state index in [1.54, 1.807) is 30.3 Å². The first kappa shape index (κ1) is 36.0. The number of aromatic nitrogens is 2. The number of para-hydroxylation sites is 2. The Morgan fingerprint density at radius 3 is 2.31 bits per heavy atom. The summed E-state index contributed by atoms with van der Waals surface area (Å²) in [5.41, 5.74) is 3.64. The molecule has 1 aliphatic heterocycles. The number of benzene rings is 3. The van der Waals surface area contributed by atoms with Gasteiger partial charge in [0.2, 0.25) is 5.75 Å². The molecule has 3 heterocycles. The van der Waals surface area contributed by atoms with Gasteiger partial charge in [-0.3, -0.25) is 4.79 Å². The molecule has 0 bridgehead atoms. The number of methoxy groups -OCH3 is 3. The molecule has 5 aromatic rings. The summed E-state index contributed by atoms with van der Waals surface area (Å²) in [7, 11) is 6.41. The maximum atomic E-state index is 13.9. The highest BCUT2D eigenvalue weighted by atomic mass is 19.1. The number of likely N-dealkylation sites (N-methyl/N-ethyl adjacent to an activating group) is 1. The first-order valence-corrected chi connectivity index (χ1v) is 17.9. The van der Waals surface area contributed by atoms with Crippen LogP contribution in [0.4, 0.5) is 4.39 Å². The van der Waals surface area contributed by atoms with E-state index < -0.39 is 0 Å². The summed E-state index contributed by atoms with van der Waals surface area (Å²) >= 11 is 0. The Bertz CT molecular complexity index is 1840. The molecule has 0 aliphatic carbocycles. The van der Waals surface area contributed by atoms with E-state index in [1.165, 1.54) is 33.5 Å². The second kappa shape index (κ2) is 16.9. The summed E-state index contributed by atoms with van der Waals surface area (Å²) in [4.78, 5) is 23.0. The standard InChI is InChI=1S/C41H49FN4O5/c1-44(41(47)32-25-37(48-2)40(50-4)38(26-32)49-3)27-31(30-15-17-33(42)18-16-30)19-22-45-20-7-10-29(11-8-21-45)24-39-43-35-13-5-6-14-36(35)46(39)28-34-12-9-23-51-34/h5-6,9,12-18,23,25-26,29,31H,7-8,10-11,19-22,24,27-28H2,1-4H3. The number of amides is 1. The Hall–Kier alpha value is -4.83. The third kappa shape index (κ3) is 8.73. The van der Waals surface area contributed by atoms with Crippen molar-refractivity contribution in [2.24, 2.45) is 5.92 Å². The summed E-state index contributed by atoms with van der Waals surface area (Å²) in [5.74, 6) is 3.53. The van der Waals surface area contributed by atoms with Crippen LogP contribution in [0.1, 0.15) is 65.5 Å². The molecule has 0 N–H and O–H groups in total. The van der Waals surface area contributed by atoms with Crippen molar-refractivity contribution in [1.29, 1.82) is 0 Å². The molecule has 1 unspecified atom stereocenters. The molecule has 9 nitrogen and oxygen atoms in total. The fourth-order valence-electron chi connectivity index (χ4n) is 7.44. The van der Waals surface area contributed by atoms with Crippen LogP contribution >= 0.6 is 0 Å². The fourth-order valence-corrected chi connectivity index (χ4v) is 7.44. The largest absolute Gasteiger partial charge is 0.493 e. The summed E-state index contributed by atoms with van der Waals surface area (Å²) in [6.07, 6.45) is 8.05. The number of halogens is 1. The minimum atomic E-state index is -0.269. The van der Waals surface area contributed by atoms with Crippen LogP contribution in [0.2, 0.25) is 0 Å². The van der Waals surface area contributed by atoms with Gasteiger partial charge < -0.3 is 33.0 Å². The molecule has 6 rings (SSSR count). The smallest absolute Gasteiger partial charge is 0.253 e. The van der Waals surface area contributed by atoms with Crippen LogP contribution in [-0.4, -0.2) is 79.8 Å². The molecule has 0 saturated carbocycles. The number of carbonyl (C=O) groups excluding carboxylic acids is 1. The van der Waals surface area contributed by atoms with Crippen molar-refractivity contribution < 1.29 is 27.8 Å². The van der Waals surface area contributed by atoms with E-state index in [1.807, 2.05) is 30.3 Å². The molecule has 0 spiro atoms. The van der Waals surface area contributed by atoms with E-state index in [9.17, 15) is 9.18 Å². The van der Waals surface area contributed by atoms with Gasteiger partial charge in [0.25, 0.3) is 5.91 Å². The van der Waals surface area contributed by atoms with Crippen LogP contribution in [0.25, 0.3) is 11.0 Å². The van der Waals surface area contributed by atoms with Crippen LogP contribution in [-0.2, 0) is 13.0 Å². The lowest BCUT2D eigenvalue weighted by atomic mass is 9.91. The predicted molar refractivity (Wildman–Crippen MR) is 196 cm³/mol. The molecule has 1 amide bonds. The van der Waals surface area contributed by atoms with Gasteiger partial charge in [-0.2, -0.15) is 0 Å². The van der Waals surface area contributed by atoms with Gasteiger partial charge >= 0.3 is 0 Å². The molecular formula is C41H49FN4O5. The Morgan fingerprint density at radius 2 is 1.67 bits per heavy atom. The van der Waals surface area contributed by atoms with Crippen LogP contribution in [0, 0.1) is 11.7 Å². The molecule has 2 aromatic heterocycles. The third-order valence-corrected chi connectivity index (χ3v) is 10.2. The Morgan fingerprint density at radius 1 is 0.961 bits per heavy atom.